The highest BCUT2D eigenvalue weighted by Crippen LogP contribution is 2.43. The molecule has 0 amide bonds. The topological polar surface area (TPSA) is 75.9 Å². The second kappa shape index (κ2) is 4.76. The van der Waals surface area contributed by atoms with E-state index in [9.17, 15) is 9.18 Å². The molecule has 0 N–H and O–H groups in total. The molecular weight excluding hydrogens is 261 g/mol. The smallest absolute Gasteiger partial charge is 0.178 e. The summed E-state index contributed by atoms with van der Waals surface area (Å²) in [5, 5.41) is 9.12. The van der Waals surface area contributed by atoms with Crippen LogP contribution in [0.3, 0.4) is 0 Å². The van der Waals surface area contributed by atoms with Crippen LogP contribution in [0.4, 0.5) is 4.39 Å². The maximum atomic E-state index is 13.0. The SMILES string of the molecule is COC1(c2ncc(F)cn2)C=C(C#N)C(=O)C(C)(C)C1. The number of carbonyl (C=O) groups is 1. The van der Waals surface area contributed by atoms with Crippen molar-refractivity contribution in [3.8, 4) is 6.07 Å². The minimum atomic E-state index is -1.10. The van der Waals surface area contributed by atoms with E-state index in [1.807, 2.05) is 6.07 Å². The van der Waals surface area contributed by atoms with Crippen molar-refractivity contribution in [3.63, 3.8) is 0 Å². The van der Waals surface area contributed by atoms with Gasteiger partial charge < -0.3 is 4.74 Å². The zero-order valence-corrected chi connectivity index (χ0v) is 11.5. The van der Waals surface area contributed by atoms with E-state index in [-0.39, 0.29) is 23.6 Å². The third kappa shape index (κ3) is 2.21. The van der Waals surface area contributed by atoms with Crippen LogP contribution in [0, 0.1) is 22.6 Å². The molecular formula is C14H14FN3O2. The summed E-state index contributed by atoms with van der Waals surface area (Å²) in [6.45, 7) is 3.47. The number of carbonyl (C=O) groups excluding carboxylic acids is 1. The number of Topliss-reactive ketones (excluding diaryl/α,β-unsaturated/α-hetero) is 1. The van der Waals surface area contributed by atoms with E-state index >= 15 is 0 Å². The fourth-order valence-electron chi connectivity index (χ4n) is 2.43. The fraction of sp³-hybridized carbons (Fsp3) is 0.429. The van der Waals surface area contributed by atoms with Gasteiger partial charge in [-0.05, 0) is 12.5 Å². The lowest BCUT2D eigenvalue weighted by molar-refractivity contribution is -0.129. The van der Waals surface area contributed by atoms with Gasteiger partial charge in [0.1, 0.15) is 11.7 Å². The van der Waals surface area contributed by atoms with Crippen LogP contribution in [0.15, 0.2) is 24.0 Å². The van der Waals surface area contributed by atoms with E-state index < -0.39 is 16.8 Å². The van der Waals surface area contributed by atoms with E-state index in [4.69, 9.17) is 10.00 Å². The molecule has 1 aromatic rings. The maximum Gasteiger partial charge on any atom is 0.178 e. The number of halogens is 1. The molecule has 6 heteroatoms. The Kier molecular flexibility index (Phi) is 3.40. The van der Waals surface area contributed by atoms with Crippen molar-refractivity contribution >= 4 is 5.78 Å². The minimum Gasteiger partial charge on any atom is -0.366 e. The molecule has 1 unspecified atom stereocenters. The lowest BCUT2D eigenvalue weighted by Gasteiger charge is -2.38. The Hall–Kier alpha value is -2.13. The molecule has 2 rings (SSSR count). The Labute approximate surface area is 116 Å². The van der Waals surface area contributed by atoms with Gasteiger partial charge >= 0.3 is 0 Å². The molecule has 0 radical (unpaired) electrons. The molecule has 1 aliphatic carbocycles. The van der Waals surface area contributed by atoms with E-state index in [1.54, 1.807) is 13.8 Å². The number of hydrogen-bond donors (Lipinski definition) is 0. The average Bonchev–Trinajstić information content (AvgIpc) is 2.42. The van der Waals surface area contributed by atoms with Crippen LogP contribution in [0.25, 0.3) is 0 Å². The molecule has 0 spiro atoms. The molecule has 0 saturated heterocycles. The Morgan fingerprint density at radius 1 is 1.40 bits per heavy atom. The van der Waals surface area contributed by atoms with Crippen LogP contribution in [-0.4, -0.2) is 22.9 Å². The van der Waals surface area contributed by atoms with Crippen LogP contribution in [0.1, 0.15) is 26.1 Å². The molecule has 5 nitrogen and oxygen atoms in total. The zero-order valence-electron chi connectivity index (χ0n) is 11.5. The van der Waals surface area contributed by atoms with Gasteiger partial charge in [-0.25, -0.2) is 14.4 Å². The molecule has 104 valence electrons. The number of aromatic nitrogens is 2. The number of ketones is 1. The highest BCUT2D eigenvalue weighted by atomic mass is 19.1. The third-order valence-electron chi connectivity index (χ3n) is 3.42. The first kappa shape index (κ1) is 14.3. The van der Waals surface area contributed by atoms with Crippen LogP contribution < -0.4 is 0 Å². The molecule has 1 atom stereocenters. The average molecular weight is 275 g/mol. The number of hydrogen-bond acceptors (Lipinski definition) is 5. The van der Waals surface area contributed by atoms with Gasteiger partial charge in [-0.2, -0.15) is 5.26 Å². The largest absolute Gasteiger partial charge is 0.366 e. The normalized spacial score (nSPS) is 24.9. The van der Waals surface area contributed by atoms with Gasteiger partial charge in [0.25, 0.3) is 0 Å². The van der Waals surface area contributed by atoms with E-state index in [0.29, 0.717) is 0 Å². The minimum absolute atomic E-state index is 0.0102. The van der Waals surface area contributed by atoms with Crippen LogP contribution in [-0.2, 0) is 15.1 Å². The first-order valence-corrected chi connectivity index (χ1v) is 6.05. The number of nitrogens with zero attached hydrogens (tertiary/aromatic N) is 3. The van der Waals surface area contributed by atoms with Crippen molar-refractivity contribution in [2.24, 2.45) is 5.41 Å². The molecule has 1 aromatic heterocycles. The summed E-state index contributed by atoms with van der Waals surface area (Å²) in [7, 11) is 1.45. The van der Waals surface area contributed by atoms with Crippen LogP contribution in [0.2, 0.25) is 0 Å². The summed E-state index contributed by atoms with van der Waals surface area (Å²) < 4.78 is 18.4. The van der Waals surface area contributed by atoms with Crippen molar-refractivity contribution in [3.05, 3.63) is 35.7 Å². The lowest BCUT2D eigenvalue weighted by atomic mass is 9.69. The summed E-state index contributed by atoms with van der Waals surface area (Å²) in [4.78, 5) is 20.0. The summed E-state index contributed by atoms with van der Waals surface area (Å²) in [5.41, 5.74) is -1.87. The zero-order chi connectivity index (χ0) is 15.0. The molecule has 1 heterocycles. The number of allylic oxidation sites excluding steroid dienone is 1. The number of rotatable bonds is 2. The molecule has 0 fully saturated rings. The van der Waals surface area contributed by atoms with Gasteiger partial charge in [0.2, 0.25) is 0 Å². The second-order valence-corrected chi connectivity index (χ2v) is 5.38. The maximum absolute atomic E-state index is 13.0. The fourth-order valence-corrected chi connectivity index (χ4v) is 2.43. The lowest BCUT2D eigenvalue weighted by Crippen LogP contribution is -2.43. The Morgan fingerprint density at radius 2 is 2.00 bits per heavy atom. The predicted molar refractivity (Wildman–Crippen MR) is 67.8 cm³/mol. The highest BCUT2D eigenvalue weighted by molar-refractivity contribution is 6.03. The number of methoxy groups -OCH3 is 1. The van der Waals surface area contributed by atoms with E-state index in [1.165, 1.54) is 13.2 Å². The first-order valence-electron chi connectivity index (χ1n) is 6.05. The highest BCUT2D eigenvalue weighted by Gasteiger charge is 2.48. The van der Waals surface area contributed by atoms with Crippen molar-refractivity contribution < 1.29 is 13.9 Å². The Balaban J connectivity index is 2.61. The van der Waals surface area contributed by atoms with Crippen molar-refractivity contribution in [1.29, 1.82) is 5.26 Å². The van der Waals surface area contributed by atoms with Gasteiger partial charge in [-0.15, -0.1) is 0 Å². The third-order valence-corrected chi connectivity index (χ3v) is 3.42. The summed E-state index contributed by atoms with van der Waals surface area (Å²) in [6.07, 6.45) is 3.78. The summed E-state index contributed by atoms with van der Waals surface area (Å²) in [6, 6.07) is 1.88. The standard InChI is InChI=1S/C14H14FN3O2/c1-13(2)8-14(20-3,4-9(5-16)11(13)19)12-17-6-10(15)7-18-12/h4,6-7H,8H2,1-3H3. The van der Waals surface area contributed by atoms with Crippen LogP contribution in [0.5, 0.6) is 0 Å². The Morgan fingerprint density at radius 3 is 2.50 bits per heavy atom. The van der Waals surface area contributed by atoms with Crippen molar-refractivity contribution in [1.82, 2.24) is 9.97 Å². The summed E-state index contributed by atoms with van der Waals surface area (Å²) in [5.74, 6) is -0.569. The molecule has 20 heavy (non-hydrogen) atoms. The molecule has 0 saturated carbocycles. The van der Waals surface area contributed by atoms with Gasteiger partial charge in [0.05, 0.1) is 18.0 Å². The number of nitriles is 1. The first-order chi connectivity index (χ1) is 9.34. The van der Waals surface area contributed by atoms with E-state index in [0.717, 1.165) is 12.4 Å². The van der Waals surface area contributed by atoms with Gasteiger partial charge in [-0.3, -0.25) is 4.79 Å². The predicted octanol–water partition coefficient (Wildman–Crippen LogP) is 1.91. The molecule has 1 aliphatic rings. The van der Waals surface area contributed by atoms with Crippen molar-refractivity contribution in [2.45, 2.75) is 25.9 Å². The van der Waals surface area contributed by atoms with Gasteiger partial charge in [-0.1, -0.05) is 13.8 Å². The van der Waals surface area contributed by atoms with Gasteiger partial charge in [0.15, 0.2) is 17.4 Å². The van der Waals surface area contributed by atoms with Gasteiger partial charge in [0, 0.05) is 12.5 Å². The monoisotopic (exact) mass is 275 g/mol. The quantitative estimate of drug-likeness (QED) is 0.824. The Bertz CT molecular complexity index is 616. The molecule has 0 aromatic carbocycles. The molecule has 0 bridgehead atoms. The summed E-state index contributed by atoms with van der Waals surface area (Å²) >= 11 is 0. The molecule has 0 aliphatic heterocycles. The van der Waals surface area contributed by atoms with E-state index in [2.05, 4.69) is 9.97 Å². The second-order valence-electron chi connectivity index (χ2n) is 5.38. The van der Waals surface area contributed by atoms with Crippen molar-refractivity contribution in [2.75, 3.05) is 7.11 Å². The van der Waals surface area contributed by atoms with Crippen LogP contribution >= 0.6 is 0 Å². The number of ether oxygens (including phenoxy) is 1.